The molecule has 21 heavy (non-hydrogen) atoms. The first kappa shape index (κ1) is 13.3. The minimum Gasteiger partial charge on any atom is -0.508 e. The summed E-state index contributed by atoms with van der Waals surface area (Å²) in [6.07, 6.45) is 1.95. The first-order valence-corrected chi connectivity index (χ1v) is 6.98. The van der Waals surface area contributed by atoms with E-state index in [1.807, 2.05) is 18.2 Å². The van der Waals surface area contributed by atoms with E-state index in [1.165, 1.54) is 0 Å². The number of ether oxygens (including phenoxy) is 1. The van der Waals surface area contributed by atoms with Gasteiger partial charge in [0.2, 0.25) is 0 Å². The molecule has 106 valence electrons. The zero-order valence-corrected chi connectivity index (χ0v) is 11.6. The van der Waals surface area contributed by atoms with Crippen LogP contribution in [-0.4, -0.2) is 11.7 Å². The summed E-state index contributed by atoms with van der Waals surface area (Å²) in [5, 5.41) is 22.1. The Kier molecular flexibility index (Phi) is 3.65. The van der Waals surface area contributed by atoms with Gasteiger partial charge in [-0.15, -0.1) is 0 Å². The van der Waals surface area contributed by atoms with Gasteiger partial charge >= 0.3 is 0 Å². The van der Waals surface area contributed by atoms with Crippen molar-refractivity contribution in [2.45, 2.75) is 19.4 Å². The Morgan fingerprint density at radius 1 is 1.24 bits per heavy atom. The van der Waals surface area contributed by atoms with Crippen molar-refractivity contribution in [3.8, 4) is 17.6 Å². The minimum atomic E-state index is 0.292. The quantitative estimate of drug-likeness (QED) is 0.906. The number of aromatic hydroxyl groups is 1. The van der Waals surface area contributed by atoms with E-state index in [4.69, 9.17) is 10.00 Å². The molecule has 0 amide bonds. The van der Waals surface area contributed by atoms with Crippen LogP contribution in [0.25, 0.3) is 0 Å². The number of fused-ring (bicyclic) bond motifs is 1. The van der Waals surface area contributed by atoms with E-state index >= 15 is 0 Å². The van der Waals surface area contributed by atoms with E-state index in [0.29, 0.717) is 17.9 Å². The Hall–Kier alpha value is -2.67. The number of phenols is 1. The molecule has 2 aromatic rings. The van der Waals surface area contributed by atoms with E-state index < -0.39 is 0 Å². The van der Waals surface area contributed by atoms with Gasteiger partial charge in [-0.05, 0) is 54.8 Å². The van der Waals surface area contributed by atoms with Gasteiger partial charge in [0.25, 0.3) is 0 Å². The number of anilines is 1. The summed E-state index contributed by atoms with van der Waals surface area (Å²) in [5.41, 5.74) is 3.42. The third kappa shape index (κ3) is 2.92. The zero-order chi connectivity index (χ0) is 14.7. The van der Waals surface area contributed by atoms with Gasteiger partial charge < -0.3 is 15.2 Å². The molecule has 4 nitrogen and oxygen atoms in total. The highest BCUT2D eigenvalue weighted by atomic mass is 16.5. The second kappa shape index (κ2) is 5.76. The van der Waals surface area contributed by atoms with Gasteiger partial charge in [0, 0.05) is 17.8 Å². The second-order valence-electron chi connectivity index (χ2n) is 5.08. The first-order chi connectivity index (χ1) is 10.3. The number of phenolic OH excluding ortho intramolecular Hbond substituents is 1. The van der Waals surface area contributed by atoms with Crippen molar-refractivity contribution in [1.29, 1.82) is 5.26 Å². The third-order valence-corrected chi connectivity index (χ3v) is 3.61. The van der Waals surface area contributed by atoms with E-state index in [2.05, 4.69) is 11.4 Å². The second-order valence-corrected chi connectivity index (χ2v) is 5.08. The van der Waals surface area contributed by atoms with Crippen LogP contribution in [0.3, 0.4) is 0 Å². The molecule has 0 spiro atoms. The predicted molar refractivity (Wildman–Crippen MR) is 80.4 cm³/mol. The van der Waals surface area contributed by atoms with E-state index in [0.717, 1.165) is 42.0 Å². The largest absolute Gasteiger partial charge is 0.508 e. The molecular formula is C17H16N2O2. The average Bonchev–Trinajstić information content (AvgIpc) is 2.53. The summed E-state index contributed by atoms with van der Waals surface area (Å²) in [5.74, 6) is 1.16. The molecule has 1 heterocycles. The van der Waals surface area contributed by atoms with Crippen molar-refractivity contribution in [1.82, 2.24) is 0 Å². The molecule has 1 aliphatic rings. The molecule has 4 heteroatoms. The van der Waals surface area contributed by atoms with Gasteiger partial charge in [0.15, 0.2) is 0 Å². The van der Waals surface area contributed by atoms with Crippen LogP contribution in [0.5, 0.6) is 11.5 Å². The van der Waals surface area contributed by atoms with Crippen molar-refractivity contribution in [3.63, 3.8) is 0 Å². The standard InChI is InChI=1S/C17H16N2O2/c18-10-12-3-5-15(6-4-12)19-11-14-9-17-13(8-16(14)20)2-1-7-21-17/h3-6,8-9,19-20H,1-2,7,11H2. The monoisotopic (exact) mass is 280 g/mol. The molecule has 0 unspecified atom stereocenters. The number of benzene rings is 2. The normalized spacial score (nSPS) is 12.9. The average molecular weight is 280 g/mol. The minimum absolute atomic E-state index is 0.292. The van der Waals surface area contributed by atoms with Crippen LogP contribution in [0, 0.1) is 11.3 Å². The van der Waals surface area contributed by atoms with Crippen molar-refractivity contribution >= 4 is 5.69 Å². The molecule has 0 saturated heterocycles. The third-order valence-electron chi connectivity index (χ3n) is 3.61. The van der Waals surface area contributed by atoms with Crippen molar-refractivity contribution in [2.75, 3.05) is 11.9 Å². The van der Waals surface area contributed by atoms with Crippen LogP contribution < -0.4 is 10.1 Å². The summed E-state index contributed by atoms with van der Waals surface area (Å²) in [4.78, 5) is 0. The number of rotatable bonds is 3. The summed E-state index contributed by atoms with van der Waals surface area (Å²) in [6, 6.07) is 13.0. The van der Waals surface area contributed by atoms with Crippen molar-refractivity contribution in [3.05, 3.63) is 53.1 Å². The highest BCUT2D eigenvalue weighted by Gasteiger charge is 2.14. The first-order valence-electron chi connectivity index (χ1n) is 6.98. The van der Waals surface area contributed by atoms with Crippen LogP contribution >= 0.6 is 0 Å². The van der Waals surface area contributed by atoms with Gasteiger partial charge in [-0.25, -0.2) is 0 Å². The maximum absolute atomic E-state index is 10.1. The van der Waals surface area contributed by atoms with Crippen LogP contribution in [0.1, 0.15) is 23.1 Å². The topological polar surface area (TPSA) is 65.3 Å². The Bertz CT molecular complexity index is 687. The van der Waals surface area contributed by atoms with Crippen LogP contribution in [-0.2, 0) is 13.0 Å². The van der Waals surface area contributed by atoms with Gasteiger partial charge in [0.05, 0.1) is 18.2 Å². The van der Waals surface area contributed by atoms with Crippen molar-refractivity contribution < 1.29 is 9.84 Å². The Labute approximate surface area is 123 Å². The Morgan fingerprint density at radius 3 is 2.81 bits per heavy atom. The molecule has 0 saturated carbocycles. The maximum Gasteiger partial charge on any atom is 0.123 e. The lowest BCUT2D eigenvalue weighted by Crippen LogP contribution is -2.09. The summed E-state index contributed by atoms with van der Waals surface area (Å²) < 4.78 is 5.63. The van der Waals surface area contributed by atoms with Crippen LogP contribution in [0.4, 0.5) is 5.69 Å². The number of nitrogens with zero attached hydrogens (tertiary/aromatic N) is 1. The molecule has 2 N–H and O–H groups in total. The maximum atomic E-state index is 10.1. The molecule has 0 fully saturated rings. The van der Waals surface area contributed by atoms with Gasteiger partial charge in [-0.3, -0.25) is 0 Å². The van der Waals surface area contributed by atoms with Gasteiger partial charge in [-0.1, -0.05) is 0 Å². The molecule has 3 rings (SSSR count). The molecular weight excluding hydrogens is 264 g/mol. The number of aryl methyl sites for hydroxylation is 1. The lowest BCUT2D eigenvalue weighted by Gasteiger charge is -2.19. The fraction of sp³-hybridized carbons (Fsp3) is 0.235. The number of nitriles is 1. The molecule has 1 aliphatic heterocycles. The highest BCUT2D eigenvalue weighted by Crippen LogP contribution is 2.32. The molecule has 0 radical (unpaired) electrons. The van der Waals surface area contributed by atoms with Gasteiger partial charge in [0.1, 0.15) is 11.5 Å². The molecule has 0 bridgehead atoms. The highest BCUT2D eigenvalue weighted by molar-refractivity contribution is 5.51. The smallest absolute Gasteiger partial charge is 0.123 e. The number of hydrogen-bond donors (Lipinski definition) is 2. The molecule has 0 aromatic heterocycles. The van der Waals surface area contributed by atoms with E-state index in [1.54, 1.807) is 18.2 Å². The lowest BCUT2D eigenvalue weighted by atomic mass is 10.0. The number of hydrogen-bond acceptors (Lipinski definition) is 4. The van der Waals surface area contributed by atoms with Crippen molar-refractivity contribution in [2.24, 2.45) is 0 Å². The summed E-state index contributed by atoms with van der Waals surface area (Å²) >= 11 is 0. The number of nitrogens with one attached hydrogen (secondary N) is 1. The molecule has 0 atom stereocenters. The Morgan fingerprint density at radius 2 is 2.05 bits per heavy atom. The van der Waals surface area contributed by atoms with Gasteiger partial charge in [-0.2, -0.15) is 5.26 Å². The van der Waals surface area contributed by atoms with E-state index in [9.17, 15) is 5.11 Å². The molecule has 2 aromatic carbocycles. The zero-order valence-electron chi connectivity index (χ0n) is 11.6. The lowest BCUT2D eigenvalue weighted by molar-refractivity contribution is 0.287. The van der Waals surface area contributed by atoms with Crippen LogP contribution in [0.2, 0.25) is 0 Å². The molecule has 0 aliphatic carbocycles. The summed E-state index contributed by atoms with van der Waals surface area (Å²) in [7, 11) is 0. The van der Waals surface area contributed by atoms with E-state index in [-0.39, 0.29) is 0 Å². The Balaban J connectivity index is 1.74. The predicted octanol–water partition coefficient (Wildman–Crippen LogP) is 3.20. The van der Waals surface area contributed by atoms with Crippen LogP contribution in [0.15, 0.2) is 36.4 Å². The SMILES string of the molecule is N#Cc1ccc(NCc2cc3c(cc2O)CCCO3)cc1. The fourth-order valence-corrected chi connectivity index (χ4v) is 2.43. The fourth-order valence-electron chi connectivity index (χ4n) is 2.43. The summed E-state index contributed by atoms with van der Waals surface area (Å²) in [6.45, 7) is 1.24.